The lowest BCUT2D eigenvalue weighted by atomic mass is 9.86. The van der Waals surface area contributed by atoms with E-state index in [9.17, 15) is 19.8 Å². The molecule has 0 saturated carbocycles. The Balaban J connectivity index is 2.15. The van der Waals surface area contributed by atoms with Crippen LogP contribution < -0.4 is 5.56 Å². The fraction of sp³-hybridized carbons (Fsp3) is 0.600. The second-order valence-corrected chi connectivity index (χ2v) is 5.51. The van der Waals surface area contributed by atoms with Gasteiger partial charge in [-0.25, -0.2) is 0 Å². The van der Waals surface area contributed by atoms with E-state index in [0.29, 0.717) is 31.5 Å². The highest BCUT2D eigenvalue weighted by Gasteiger charge is 2.40. The van der Waals surface area contributed by atoms with Crippen LogP contribution in [0.2, 0.25) is 0 Å². The molecular formula is C15H22N2O4. The highest BCUT2D eigenvalue weighted by Crippen LogP contribution is 2.26. The van der Waals surface area contributed by atoms with Gasteiger partial charge in [0.1, 0.15) is 6.10 Å². The van der Waals surface area contributed by atoms with Gasteiger partial charge < -0.3 is 19.7 Å². The number of aliphatic hydroxyl groups excluding tert-OH is 1. The molecule has 0 bridgehead atoms. The van der Waals surface area contributed by atoms with Gasteiger partial charge in [-0.05, 0) is 25.8 Å². The number of pyridine rings is 1. The lowest BCUT2D eigenvalue weighted by Gasteiger charge is -2.41. The number of carbonyl (C=O) groups excluding carboxylic acids is 1. The van der Waals surface area contributed by atoms with E-state index >= 15 is 0 Å². The number of nitrogens with zero attached hydrogens (tertiary/aromatic N) is 2. The zero-order valence-corrected chi connectivity index (χ0v) is 12.5. The van der Waals surface area contributed by atoms with E-state index < -0.39 is 11.7 Å². The van der Waals surface area contributed by atoms with Crippen LogP contribution in [0, 0.1) is 0 Å². The van der Waals surface area contributed by atoms with Crippen LogP contribution in [-0.2, 0) is 6.54 Å². The minimum absolute atomic E-state index is 0.0834. The van der Waals surface area contributed by atoms with Crippen LogP contribution in [0.4, 0.5) is 0 Å². The van der Waals surface area contributed by atoms with E-state index in [-0.39, 0.29) is 18.0 Å². The van der Waals surface area contributed by atoms with Crippen molar-refractivity contribution in [3.8, 4) is 0 Å². The molecule has 0 aliphatic carbocycles. The van der Waals surface area contributed by atoms with Crippen LogP contribution in [0.1, 0.15) is 37.0 Å². The second kappa shape index (κ2) is 5.99. The maximum atomic E-state index is 12.4. The van der Waals surface area contributed by atoms with Crippen molar-refractivity contribution in [1.82, 2.24) is 9.47 Å². The molecule has 1 amide bonds. The van der Waals surface area contributed by atoms with Crippen molar-refractivity contribution >= 4 is 5.91 Å². The van der Waals surface area contributed by atoms with Crippen molar-refractivity contribution in [3.63, 3.8) is 0 Å². The number of carbonyl (C=O) groups is 1. The first-order valence-electron chi connectivity index (χ1n) is 7.31. The second-order valence-electron chi connectivity index (χ2n) is 5.51. The van der Waals surface area contributed by atoms with E-state index in [1.54, 1.807) is 12.3 Å². The average molecular weight is 294 g/mol. The molecule has 1 saturated heterocycles. The van der Waals surface area contributed by atoms with Gasteiger partial charge in [-0.1, -0.05) is 6.92 Å². The Morgan fingerprint density at radius 1 is 1.48 bits per heavy atom. The van der Waals surface area contributed by atoms with E-state index in [2.05, 4.69) is 0 Å². The highest BCUT2D eigenvalue weighted by molar-refractivity contribution is 5.94. The quantitative estimate of drug-likeness (QED) is 0.835. The fourth-order valence-electron chi connectivity index (χ4n) is 2.65. The van der Waals surface area contributed by atoms with E-state index in [1.165, 1.54) is 15.5 Å². The molecule has 0 radical (unpaired) electrons. The molecule has 1 aromatic rings. The smallest absolute Gasteiger partial charge is 0.254 e. The first-order chi connectivity index (χ1) is 9.91. The number of rotatable bonds is 3. The molecule has 0 unspecified atom stereocenters. The van der Waals surface area contributed by atoms with Crippen LogP contribution in [-0.4, -0.2) is 50.4 Å². The standard InChI is InChI=1S/C15H22N2O4/c1-3-15(21)6-8-17(10-12(15)18)14(20)11-5-7-16(4-2)13(19)9-11/h5,7,9,12,18,21H,3-4,6,8,10H2,1-2H3/t12-,15-/m1/s1. The molecular weight excluding hydrogens is 272 g/mol. The van der Waals surface area contributed by atoms with Gasteiger partial charge >= 0.3 is 0 Å². The lowest BCUT2D eigenvalue weighted by Crippen LogP contribution is -2.56. The third kappa shape index (κ3) is 3.01. The summed E-state index contributed by atoms with van der Waals surface area (Å²) in [6, 6.07) is 2.93. The van der Waals surface area contributed by atoms with Crippen molar-refractivity contribution in [2.24, 2.45) is 0 Å². The van der Waals surface area contributed by atoms with Gasteiger partial charge in [-0.15, -0.1) is 0 Å². The molecule has 2 rings (SSSR count). The van der Waals surface area contributed by atoms with Crippen LogP contribution in [0.25, 0.3) is 0 Å². The minimum atomic E-state index is -1.12. The molecule has 1 aromatic heterocycles. The summed E-state index contributed by atoms with van der Waals surface area (Å²) in [6.45, 7) is 4.68. The summed E-state index contributed by atoms with van der Waals surface area (Å²) in [5, 5.41) is 20.2. The zero-order chi connectivity index (χ0) is 15.6. The Morgan fingerprint density at radius 3 is 2.71 bits per heavy atom. The van der Waals surface area contributed by atoms with Gasteiger partial charge in [-0.3, -0.25) is 9.59 Å². The average Bonchev–Trinajstić information content (AvgIpc) is 2.49. The third-order valence-electron chi connectivity index (χ3n) is 4.31. The van der Waals surface area contributed by atoms with E-state index in [4.69, 9.17) is 0 Å². The van der Waals surface area contributed by atoms with Crippen molar-refractivity contribution in [2.75, 3.05) is 13.1 Å². The van der Waals surface area contributed by atoms with Crippen molar-refractivity contribution in [3.05, 3.63) is 34.2 Å². The Labute approximate surface area is 123 Å². The van der Waals surface area contributed by atoms with Crippen LogP contribution >= 0.6 is 0 Å². The molecule has 2 N–H and O–H groups in total. The number of amides is 1. The molecule has 0 aromatic carbocycles. The van der Waals surface area contributed by atoms with Crippen LogP contribution in [0.5, 0.6) is 0 Å². The number of aliphatic hydroxyl groups is 2. The summed E-state index contributed by atoms with van der Waals surface area (Å²) in [4.78, 5) is 25.6. The molecule has 21 heavy (non-hydrogen) atoms. The topological polar surface area (TPSA) is 82.8 Å². The Bertz CT molecular complexity index is 583. The number of β-amino-alcohol motifs (C(OH)–C–C–N with tert-alkyl or cyclic N) is 1. The van der Waals surface area contributed by atoms with Gasteiger partial charge in [0.25, 0.3) is 11.5 Å². The molecule has 6 nitrogen and oxygen atoms in total. The lowest BCUT2D eigenvalue weighted by molar-refractivity contribution is -0.114. The van der Waals surface area contributed by atoms with Gasteiger partial charge in [0.2, 0.25) is 0 Å². The summed E-state index contributed by atoms with van der Waals surface area (Å²) < 4.78 is 1.51. The number of hydrogen-bond donors (Lipinski definition) is 2. The molecule has 1 aliphatic heterocycles. The Kier molecular flexibility index (Phi) is 4.49. The summed E-state index contributed by atoms with van der Waals surface area (Å²) in [5.41, 5.74) is -1.02. The van der Waals surface area contributed by atoms with Crippen molar-refractivity contribution in [1.29, 1.82) is 0 Å². The Morgan fingerprint density at radius 2 is 2.19 bits per heavy atom. The van der Waals surface area contributed by atoms with Crippen molar-refractivity contribution < 1.29 is 15.0 Å². The highest BCUT2D eigenvalue weighted by atomic mass is 16.3. The predicted molar refractivity (Wildman–Crippen MR) is 78.1 cm³/mol. The molecule has 2 heterocycles. The SMILES string of the molecule is CCn1ccc(C(=O)N2CC[C@](O)(CC)[C@H](O)C2)cc1=O. The number of hydrogen-bond acceptors (Lipinski definition) is 4. The van der Waals surface area contributed by atoms with Crippen LogP contribution in [0.3, 0.4) is 0 Å². The third-order valence-corrected chi connectivity index (χ3v) is 4.31. The van der Waals surface area contributed by atoms with E-state index in [1.807, 2.05) is 13.8 Å². The molecule has 6 heteroatoms. The Hall–Kier alpha value is -1.66. The largest absolute Gasteiger partial charge is 0.388 e. The maximum absolute atomic E-state index is 12.4. The fourth-order valence-corrected chi connectivity index (χ4v) is 2.65. The maximum Gasteiger partial charge on any atom is 0.254 e. The zero-order valence-electron chi connectivity index (χ0n) is 12.5. The first-order valence-corrected chi connectivity index (χ1v) is 7.31. The van der Waals surface area contributed by atoms with Crippen molar-refractivity contribution in [2.45, 2.75) is 44.9 Å². The van der Waals surface area contributed by atoms with Crippen LogP contribution in [0.15, 0.2) is 23.1 Å². The summed E-state index contributed by atoms with van der Waals surface area (Å²) in [6.07, 6.45) is 1.42. The summed E-state index contributed by atoms with van der Waals surface area (Å²) in [7, 11) is 0. The monoisotopic (exact) mass is 294 g/mol. The van der Waals surface area contributed by atoms with Gasteiger partial charge in [0.15, 0.2) is 0 Å². The molecule has 1 fully saturated rings. The summed E-state index contributed by atoms with van der Waals surface area (Å²) in [5.74, 6) is -0.285. The first kappa shape index (κ1) is 15.7. The van der Waals surface area contributed by atoms with Gasteiger partial charge in [-0.2, -0.15) is 0 Å². The number of aromatic nitrogens is 1. The molecule has 1 aliphatic rings. The summed E-state index contributed by atoms with van der Waals surface area (Å²) >= 11 is 0. The molecule has 2 atom stereocenters. The normalized spacial score (nSPS) is 25.9. The molecule has 116 valence electrons. The predicted octanol–water partition coefficient (Wildman–Crippen LogP) is 0.216. The number of aryl methyl sites for hydroxylation is 1. The van der Waals surface area contributed by atoms with Gasteiger partial charge in [0.05, 0.1) is 5.60 Å². The number of likely N-dealkylation sites (tertiary alicyclic amines) is 1. The molecule has 0 spiro atoms. The van der Waals surface area contributed by atoms with E-state index in [0.717, 1.165) is 0 Å². The minimum Gasteiger partial charge on any atom is -0.388 e. The number of piperidine rings is 1. The van der Waals surface area contributed by atoms with Gasteiger partial charge in [0, 0.05) is 37.5 Å².